The molecule has 0 bridgehead atoms. The Bertz CT molecular complexity index is 660. The van der Waals surface area contributed by atoms with Gasteiger partial charge in [0.1, 0.15) is 11.5 Å². The Labute approximate surface area is 123 Å². The maximum absolute atomic E-state index is 12.0. The first-order chi connectivity index (χ1) is 9.51. The van der Waals surface area contributed by atoms with E-state index in [0.29, 0.717) is 12.4 Å². The molecule has 108 valence electrons. The molecule has 1 heterocycles. The van der Waals surface area contributed by atoms with Crippen molar-refractivity contribution in [2.45, 2.75) is 24.5 Å². The van der Waals surface area contributed by atoms with Gasteiger partial charge in [-0.15, -0.1) is 11.3 Å². The van der Waals surface area contributed by atoms with Crippen molar-refractivity contribution in [3.8, 4) is 11.5 Å². The molecule has 1 aromatic carbocycles. The maximum Gasteiger partial charge on any atom is 0.348 e. The van der Waals surface area contributed by atoms with Crippen LogP contribution in [-0.4, -0.2) is 15.0 Å². The molecule has 0 aliphatic rings. The Morgan fingerprint density at radius 2 is 1.95 bits per heavy atom. The Balaban J connectivity index is 2.23. The summed E-state index contributed by atoms with van der Waals surface area (Å²) in [4.78, 5) is 0. The standard InChI is InChI=1S/C14H16O4S2/c1-3-6-17-12-8-11(2)9-13(10-12)18-20(15,16)14-5-4-7-19-14/h4-5,7-10H,3,6H2,1-2H3. The molecule has 0 radical (unpaired) electrons. The zero-order valence-electron chi connectivity index (χ0n) is 11.3. The third-order valence-corrected chi connectivity index (χ3v) is 5.05. The Hall–Kier alpha value is -1.53. The summed E-state index contributed by atoms with van der Waals surface area (Å²) < 4.78 is 34.9. The zero-order chi connectivity index (χ0) is 14.6. The van der Waals surface area contributed by atoms with Gasteiger partial charge in [-0.25, -0.2) is 0 Å². The van der Waals surface area contributed by atoms with Crippen molar-refractivity contribution in [3.05, 3.63) is 41.3 Å². The van der Waals surface area contributed by atoms with Gasteiger partial charge >= 0.3 is 10.1 Å². The first kappa shape index (κ1) is 14.9. The molecule has 20 heavy (non-hydrogen) atoms. The summed E-state index contributed by atoms with van der Waals surface area (Å²) >= 11 is 1.13. The van der Waals surface area contributed by atoms with Crippen LogP contribution in [0.3, 0.4) is 0 Å². The first-order valence-corrected chi connectivity index (χ1v) is 8.52. The Morgan fingerprint density at radius 3 is 2.60 bits per heavy atom. The number of benzene rings is 1. The minimum atomic E-state index is -3.76. The minimum Gasteiger partial charge on any atom is -0.493 e. The third kappa shape index (κ3) is 3.74. The molecular formula is C14H16O4S2. The summed E-state index contributed by atoms with van der Waals surface area (Å²) in [5.41, 5.74) is 0.884. The molecule has 0 saturated carbocycles. The van der Waals surface area contributed by atoms with Crippen molar-refractivity contribution in [2.24, 2.45) is 0 Å². The summed E-state index contributed by atoms with van der Waals surface area (Å²) in [5.74, 6) is 0.882. The van der Waals surface area contributed by atoms with Gasteiger partial charge in [0.25, 0.3) is 0 Å². The van der Waals surface area contributed by atoms with Crippen molar-refractivity contribution in [2.75, 3.05) is 6.61 Å². The summed E-state index contributed by atoms with van der Waals surface area (Å²) in [6, 6.07) is 8.30. The second kappa shape index (κ2) is 6.28. The third-order valence-electron chi connectivity index (χ3n) is 2.44. The number of thiophene rings is 1. The van der Waals surface area contributed by atoms with Gasteiger partial charge in [0.2, 0.25) is 0 Å². The van der Waals surface area contributed by atoms with Crippen LogP contribution in [0.1, 0.15) is 18.9 Å². The van der Waals surface area contributed by atoms with E-state index in [9.17, 15) is 8.42 Å². The fourth-order valence-corrected chi connectivity index (χ4v) is 3.50. The second-order valence-corrected chi connectivity index (χ2v) is 7.02. The lowest BCUT2D eigenvalue weighted by Gasteiger charge is -2.10. The van der Waals surface area contributed by atoms with Crippen LogP contribution in [0.25, 0.3) is 0 Å². The predicted octanol–water partition coefficient (Wildman–Crippen LogP) is 3.61. The van der Waals surface area contributed by atoms with Gasteiger partial charge in [-0.2, -0.15) is 8.42 Å². The van der Waals surface area contributed by atoms with E-state index in [-0.39, 0.29) is 9.96 Å². The highest BCUT2D eigenvalue weighted by molar-refractivity contribution is 7.89. The largest absolute Gasteiger partial charge is 0.493 e. The van der Waals surface area contributed by atoms with Crippen LogP contribution in [0.2, 0.25) is 0 Å². The molecule has 0 unspecified atom stereocenters. The monoisotopic (exact) mass is 312 g/mol. The highest BCUT2D eigenvalue weighted by atomic mass is 32.3. The lowest BCUT2D eigenvalue weighted by molar-refractivity contribution is 0.316. The zero-order valence-corrected chi connectivity index (χ0v) is 13.0. The van der Waals surface area contributed by atoms with E-state index in [1.807, 2.05) is 19.9 Å². The molecule has 1 aromatic heterocycles. The van der Waals surface area contributed by atoms with Gasteiger partial charge < -0.3 is 8.92 Å². The van der Waals surface area contributed by atoms with Gasteiger partial charge in [-0.3, -0.25) is 0 Å². The number of aryl methyl sites for hydroxylation is 1. The lowest BCUT2D eigenvalue weighted by atomic mass is 10.2. The molecule has 2 rings (SSSR count). The number of rotatable bonds is 6. The summed E-state index contributed by atoms with van der Waals surface area (Å²) in [5, 5.41) is 1.70. The highest BCUT2D eigenvalue weighted by Gasteiger charge is 2.18. The minimum absolute atomic E-state index is 0.190. The maximum atomic E-state index is 12.0. The van der Waals surface area contributed by atoms with Gasteiger partial charge in [-0.05, 0) is 42.5 Å². The molecule has 0 N–H and O–H groups in total. The van der Waals surface area contributed by atoms with E-state index in [4.69, 9.17) is 8.92 Å². The van der Waals surface area contributed by atoms with E-state index in [0.717, 1.165) is 23.3 Å². The summed E-state index contributed by atoms with van der Waals surface area (Å²) in [6.45, 7) is 4.46. The average molecular weight is 312 g/mol. The van der Waals surface area contributed by atoms with Gasteiger partial charge in [0.05, 0.1) is 6.61 Å². The fourth-order valence-electron chi connectivity index (χ4n) is 1.64. The van der Waals surface area contributed by atoms with Crippen LogP contribution < -0.4 is 8.92 Å². The van der Waals surface area contributed by atoms with Crippen LogP contribution in [0, 0.1) is 6.92 Å². The molecule has 4 nitrogen and oxygen atoms in total. The van der Waals surface area contributed by atoms with E-state index in [2.05, 4.69) is 0 Å². The van der Waals surface area contributed by atoms with Crippen molar-refractivity contribution >= 4 is 21.5 Å². The van der Waals surface area contributed by atoms with E-state index in [1.54, 1.807) is 23.6 Å². The molecule has 0 aliphatic carbocycles. The van der Waals surface area contributed by atoms with Crippen LogP contribution in [0.5, 0.6) is 11.5 Å². The number of ether oxygens (including phenoxy) is 1. The molecule has 0 amide bonds. The molecule has 6 heteroatoms. The van der Waals surface area contributed by atoms with Gasteiger partial charge in [0.15, 0.2) is 4.21 Å². The Kier molecular flexibility index (Phi) is 4.67. The second-order valence-electron chi connectivity index (χ2n) is 4.30. The molecule has 0 aliphatic heterocycles. The SMILES string of the molecule is CCCOc1cc(C)cc(OS(=O)(=O)c2cccs2)c1. The average Bonchev–Trinajstić information content (AvgIpc) is 2.89. The number of hydrogen-bond acceptors (Lipinski definition) is 5. The molecule has 2 aromatic rings. The predicted molar refractivity (Wildman–Crippen MR) is 79.1 cm³/mol. The smallest absolute Gasteiger partial charge is 0.348 e. The summed E-state index contributed by atoms with van der Waals surface area (Å²) in [6.07, 6.45) is 0.887. The van der Waals surface area contributed by atoms with Crippen molar-refractivity contribution < 1.29 is 17.3 Å². The van der Waals surface area contributed by atoms with Crippen molar-refractivity contribution in [1.82, 2.24) is 0 Å². The van der Waals surface area contributed by atoms with Crippen LogP contribution in [0.4, 0.5) is 0 Å². The van der Waals surface area contributed by atoms with Crippen molar-refractivity contribution in [3.63, 3.8) is 0 Å². The number of hydrogen-bond donors (Lipinski definition) is 0. The van der Waals surface area contributed by atoms with Gasteiger partial charge in [0, 0.05) is 6.07 Å². The van der Waals surface area contributed by atoms with Crippen LogP contribution in [0.15, 0.2) is 39.9 Å². The fraction of sp³-hybridized carbons (Fsp3) is 0.286. The quantitative estimate of drug-likeness (QED) is 0.765. The molecule has 0 atom stereocenters. The molecular weight excluding hydrogens is 296 g/mol. The van der Waals surface area contributed by atoms with E-state index < -0.39 is 10.1 Å². The van der Waals surface area contributed by atoms with Gasteiger partial charge in [-0.1, -0.05) is 13.0 Å². The van der Waals surface area contributed by atoms with E-state index >= 15 is 0 Å². The van der Waals surface area contributed by atoms with E-state index in [1.165, 1.54) is 6.07 Å². The highest BCUT2D eigenvalue weighted by Crippen LogP contribution is 2.27. The molecule has 0 fully saturated rings. The normalized spacial score (nSPS) is 11.3. The van der Waals surface area contributed by atoms with Crippen LogP contribution >= 0.6 is 11.3 Å². The van der Waals surface area contributed by atoms with Crippen molar-refractivity contribution in [1.29, 1.82) is 0 Å². The first-order valence-electron chi connectivity index (χ1n) is 6.24. The summed E-state index contributed by atoms with van der Waals surface area (Å²) in [7, 11) is -3.76. The lowest BCUT2D eigenvalue weighted by Crippen LogP contribution is -2.08. The molecule has 0 spiro atoms. The molecule has 0 saturated heterocycles. The van der Waals surface area contributed by atoms with Crippen LogP contribution in [-0.2, 0) is 10.1 Å². The topological polar surface area (TPSA) is 52.6 Å². The Morgan fingerprint density at radius 1 is 1.20 bits per heavy atom.